The number of carbonyl (C=O) groups excluding carboxylic acids is 2. The van der Waals surface area contributed by atoms with Crippen molar-refractivity contribution >= 4 is 19.8 Å². The van der Waals surface area contributed by atoms with E-state index >= 15 is 0 Å². The van der Waals surface area contributed by atoms with Crippen LogP contribution in [0, 0.1) is 0 Å². The molecule has 0 aromatic carbocycles. The summed E-state index contributed by atoms with van der Waals surface area (Å²) in [5, 5.41) is 9.81. The van der Waals surface area contributed by atoms with Crippen molar-refractivity contribution in [2.75, 3.05) is 26.4 Å². The molecule has 0 heterocycles. The second-order valence-electron chi connectivity index (χ2n) is 14.7. The van der Waals surface area contributed by atoms with E-state index in [9.17, 15) is 24.2 Å². The van der Waals surface area contributed by atoms with Gasteiger partial charge in [-0.05, 0) is 44.9 Å². The van der Waals surface area contributed by atoms with Gasteiger partial charge in [0, 0.05) is 19.4 Å². The number of carbonyl (C=O) groups is 2. The Labute approximate surface area is 341 Å². The van der Waals surface area contributed by atoms with Gasteiger partial charge in [-0.3, -0.25) is 18.6 Å². The second-order valence-corrected chi connectivity index (χ2v) is 16.2. The van der Waals surface area contributed by atoms with Crippen molar-refractivity contribution < 1.29 is 42.7 Å². The topological polar surface area (TPSA) is 155 Å². The van der Waals surface area contributed by atoms with Crippen LogP contribution < -0.4 is 5.73 Å². The summed E-state index contributed by atoms with van der Waals surface area (Å²) in [5.74, 6) is -0.913. The van der Waals surface area contributed by atoms with Gasteiger partial charge in [0.1, 0.15) is 6.61 Å². The predicted octanol–water partition coefficient (Wildman–Crippen LogP) is 11.7. The molecule has 326 valence electrons. The number of esters is 2. The van der Waals surface area contributed by atoms with Crippen molar-refractivity contribution in [2.24, 2.45) is 5.73 Å². The summed E-state index contributed by atoms with van der Waals surface area (Å²) in [6, 6.07) is 0. The first-order valence-electron chi connectivity index (χ1n) is 22.2. The quantitative estimate of drug-likeness (QED) is 0.0235. The summed E-state index contributed by atoms with van der Waals surface area (Å²) in [4.78, 5) is 34.9. The predicted molar refractivity (Wildman–Crippen MR) is 230 cm³/mol. The van der Waals surface area contributed by atoms with E-state index in [4.69, 9.17) is 24.3 Å². The minimum Gasteiger partial charge on any atom is -0.462 e. The summed E-state index contributed by atoms with van der Waals surface area (Å²) in [6.45, 7) is 3.51. The Kier molecular flexibility index (Phi) is 39.6. The number of aliphatic hydroxyl groups excluding tert-OH is 1. The molecule has 56 heavy (non-hydrogen) atoms. The maximum atomic E-state index is 12.6. The summed E-state index contributed by atoms with van der Waals surface area (Å²) in [5.41, 5.74) is 5.34. The largest absolute Gasteiger partial charge is 0.472 e. The van der Waals surface area contributed by atoms with Gasteiger partial charge in [-0.15, -0.1) is 0 Å². The van der Waals surface area contributed by atoms with Crippen molar-refractivity contribution in [3.05, 3.63) is 48.6 Å². The fourth-order valence-corrected chi connectivity index (χ4v) is 6.71. The van der Waals surface area contributed by atoms with E-state index in [0.717, 1.165) is 57.8 Å². The molecule has 0 bridgehead atoms. The van der Waals surface area contributed by atoms with E-state index < -0.39 is 32.5 Å². The van der Waals surface area contributed by atoms with Gasteiger partial charge in [0.05, 0.1) is 19.3 Å². The minimum atomic E-state index is -4.40. The van der Waals surface area contributed by atoms with Crippen LogP contribution in [0.2, 0.25) is 0 Å². The Hall–Kier alpha value is -2.07. The molecule has 0 amide bonds. The number of hydrogen-bond donors (Lipinski definition) is 3. The fourth-order valence-electron chi connectivity index (χ4n) is 5.94. The van der Waals surface area contributed by atoms with Crippen LogP contribution in [0.1, 0.15) is 187 Å². The van der Waals surface area contributed by atoms with Crippen LogP contribution in [-0.2, 0) is 32.7 Å². The van der Waals surface area contributed by atoms with E-state index in [-0.39, 0.29) is 38.7 Å². The first-order chi connectivity index (χ1) is 27.2. The van der Waals surface area contributed by atoms with Gasteiger partial charge >= 0.3 is 19.8 Å². The van der Waals surface area contributed by atoms with Gasteiger partial charge in [-0.2, -0.15) is 0 Å². The molecule has 3 atom stereocenters. The molecule has 4 N–H and O–H groups in total. The van der Waals surface area contributed by atoms with Crippen molar-refractivity contribution in [1.29, 1.82) is 0 Å². The highest BCUT2D eigenvalue weighted by atomic mass is 31.2. The fraction of sp³-hybridized carbons (Fsp3) is 0.778. The van der Waals surface area contributed by atoms with E-state index in [1.807, 2.05) is 24.3 Å². The lowest BCUT2D eigenvalue weighted by Crippen LogP contribution is -2.29. The number of phosphoric acid groups is 1. The molecule has 0 fully saturated rings. The van der Waals surface area contributed by atoms with E-state index in [2.05, 4.69) is 38.2 Å². The number of allylic oxidation sites excluding steroid dienone is 7. The highest BCUT2D eigenvalue weighted by molar-refractivity contribution is 7.47. The van der Waals surface area contributed by atoms with E-state index in [1.165, 1.54) is 89.9 Å². The zero-order valence-electron chi connectivity index (χ0n) is 35.5. The first-order valence-corrected chi connectivity index (χ1v) is 23.7. The van der Waals surface area contributed by atoms with E-state index in [0.29, 0.717) is 12.8 Å². The zero-order chi connectivity index (χ0) is 41.2. The van der Waals surface area contributed by atoms with Gasteiger partial charge in [-0.1, -0.05) is 178 Å². The first kappa shape index (κ1) is 53.9. The lowest BCUT2D eigenvalue weighted by Gasteiger charge is -2.19. The molecule has 10 nitrogen and oxygen atoms in total. The molecule has 1 unspecified atom stereocenters. The SMILES string of the molecule is CCCCCCCCCCCCCCCCCCCC(=O)OC[C@H](COP(=O)(O)OCCN)OC(=O)CCC/C=C\C/C=C\C/C=C\C/C=C\[C@H](O)CCCC. The van der Waals surface area contributed by atoms with Crippen molar-refractivity contribution in [3.8, 4) is 0 Å². The third-order valence-corrected chi connectivity index (χ3v) is 10.3. The number of rotatable bonds is 41. The Morgan fingerprint density at radius 3 is 1.62 bits per heavy atom. The summed E-state index contributed by atoms with van der Waals surface area (Å²) < 4.78 is 32.7. The molecule has 0 aliphatic carbocycles. The van der Waals surface area contributed by atoms with Crippen molar-refractivity contribution in [3.63, 3.8) is 0 Å². The molecular formula is C45H82NO9P. The van der Waals surface area contributed by atoms with Gasteiger partial charge in [0.25, 0.3) is 0 Å². The van der Waals surface area contributed by atoms with Crippen LogP contribution in [0.25, 0.3) is 0 Å². The number of hydrogen-bond acceptors (Lipinski definition) is 9. The smallest absolute Gasteiger partial charge is 0.462 e. The maximum absolute atomic E-state index is 12.6. The molecular weight excluding hydrogens is 729 g/mol. The third kappa shape index (κ3) is 40.1. The van der Waals surface area contributed by atoms with Gasteiger partial charge in [0.15, 0.2) is 6.10 Å². The standard InChI is InChI=1S/C45H82NO9P/c1-3-5-7-8-9-10-11-12-13-14-15-16-20-23-26-29-32-36-44(48)52-40-43(41-54-56(50,51)53-39-38-46)55-45(49)37-33-30-27-24-21-18-17-19-22-25-28-31-35-42(47)34-6-4-2/h17-18,22,24-25,27,31,35,42-43,47H,3-16,19-21,23,26,28-30,32-34,36-41,46H2,1-2H3,(H,50,51)/b18-17-,25-22-,27-24-,35-31-/t42-,43-/m1/s1. The molecule has 0 aromatic heterocycles. The van der Waals surface area contributed by atoms with Crippen LogP contribution in [0.15, 0.2) is 48.6 Å². The average molecular weight is 812 g/mol. The summed E-state index contributed by atoms with van der Waals surface area (Å²) >= 11 is 0. The lowest BCUT2D eigenvalue weighted by atomic mass is 10.0. The number of phosphoric ester groups is 1. The van der Waals surface area contributed by atoms with Crippen molar-refractivity contribution in [1.82, 2.24) is 0 Å². The average Bonchev–Trinajstić information content (AvgIpc) is 3.18. The molecule has 0 aliphatic rings. The molecule has 0 radical (unpaired) electrons. The summed E-state index contributed by atoms with van der Waals surface area (Å²) in [7, 11) is -4.40. The summed E-state index contributed by atoms with van der Waals surface area (Å²) in [6.07, 6.45) is 43.4. The van der Waals surface area contributed by atoms with Crippen LogP contribution in [0.3, 0.4) is 0 Å². The third-order valence-electron chi connectivity index (χ3n) is 9.29. The molecule has 0 aromatic rings. The Balaban J connectivity index is 4.25. The number of ether oxygens (including phenoxy) is 2. The number of nitrogens with two attached hydrogens (primary N) is 1. The highest BCUT2D eigenvalue weighted by Gasteiger charge is 2.26. The van der Waals surface area contributed by atoms with Crippen LogP contribution >= 0.6 is 7.82 Å². The van der Waals surface area contributed by atoms with Gasteiger partial charge in [-0.25, -0.2) is 4.57 Å². The molecule has 0 spiro atoms. The molecule has 11 heteroatoms. The highest BCUT2D eigenvalue weighted by Crippen LogP contribution is 2.43. The Morgan fingerprint density at radius 2 is 1.09 bits per heavy atom. The van der Waals surface area contributed by atoms with Crippen LogP contribution in [0.4, 0.5) is 0 Å². The Morgan fingerprint density at radius 1 is 0.607 bits per heavy atom. The number of unbranched alkanes of at least 4 members (excludes halogenated alkanes) is 18. The Bertz CT molecular complexity index is 1080. The van der Waals surface area contributed by atoms with E-state index in [1.54, 1.807) is 0 Å². The monoisotopic (exact) mass is 812 g/mol. The minimum absolute atomic E-state index is 0.0375. The zero-order valence-corrected chi connectivity index (χ0v) is 36.4. The van der Waals surface area contributed by atoms with Crippen LogP contribution in [0.5, 0.6) is 0 Å². The molecule has 0 rings (SSSR count). The van der Waals surface area contributed by atoms with Crippen molar-refractivity contribution in [2.45, 2.75) is 199 Å². The van der Waals surface area contributed by atoms with Gasteiger partial charge < -0.3 is 25.2 Å². The number of aliphatic hydroxyl groups is 1. The second kappa shape index (κ2) is 41.1. The maximum Gasteiger partial charge on any atom is 0.472 e. The molecule has 0 saturated heterocycles. The van der Waals surface area contributed by atoms with Crippen LogP contribution in [-0.4, -0.2) is 60.5 Å². The lowest BCUT2D eigenvalue weighted by molar-refractivity contribution is -0.161. The molecule has 0 saturated carbocycles. The van der Waals surface area contributed by atoms with Gasteiger partial charge in [0.2, 0.25) is 0 Å². The normalized spacial score (nSPS) is 14.3. The molecule has 0 aliphatic heterocycles.